The molecular weight excluding hydrogens is 371 g/mol. The number of nitrogens with zero attached hydrogens (tertiary/aromatic N) is 4. The van der Waals surface area contributed by atoms with Crippen molar-refractivity contribution in [2.24, 2.45) is 17.1 Å². The van der Waals surface area contributed by atoms with Crippen LogP contribution in [0.5, 0.6) is 0 Å². The van der Waals surface area contributed by atoms with Crippen molar-refractivity contribution in [2.45, 2.75) is 52.3 Å². The van der Waals surface area contributed by atoms with E-state index in [1.807, 2.05) is 4.90 Å². The smallest absolute Gasteiger partial charge is 0.353 e. The lowest BCUT2D eigenvalue weighted by atomic mass is 9.74. The van der Waals surface area contributed by atoms with Crippen molar-refractivity contribution >= 4 is 11.7 Å². The summed E-state index contributed by atoms with van der Waals surface area (Å²) in [4.78, 5) is 24.6. The first-order valence-corrected chi connectivity index (χ1v) is 9.76. The molecule has 0 bridgehead atoms. The summed E-state index contributed by atoms with van der Waals surface area (Å²) in [5.74, 6) is 0.672. The fraction of sp³-hybridized carbons (Fsp3) is 0.737. The molecule has 6 nitrogen and oxygen atoms in total. The van der Waals surface area contributed by atoms with E-state index in [1.54, 1.807) is 4.90 Å². The van der Waals surface area contributed by atoms with Crippen molar-refractivity contribution in [1.29, 1.82) is 0 Å². The first-order chi connectivity index (χ1) is 13.0. The minimum absolute atomic E-state index is 0.0532. The van der Waals surface area contributed by atoms with E-state index in [2.05, 4.69) is 23.8 Å². The Kier molecular flexibility index (Phi) is 5.58. The number of halogens is 3. The molecule has 2 fully saturated rings. The zero-order valence-electron chi connectivity index (χ0n) is 16.6. The normalized spacial score (nSPS) is 26.2. The number of aryl methyl sites for hydroxylation is 1. The van der Waals surface area contributed by atoms with Gasteiger partial charge >= 0.3 is 6.18 Å². The minimum atomic E-state index is -4.51. The molecule has 1 aliphatic carbocycles. The number of rotatable bonds is 3. The number of nitrogens with two attached hydrogens (primary N) is 1. The molecule has 0 aromatic carbocycles. The van der Waals surface area contributed by atoms with E-state index in [9.17, 15) is 18.0 Å². The van der Waals surface area contributed by atoms with E-state index in [-0.39, 0.29) is 29.5 Å². The Hall–Kier alpha value is -1.90. The third-order valence-electron chi connectivity index (χ3n) is 6.12. The number of amides is 1. The maximum absolute atomic E-state index is 13.3. The molecule has 156 valence electrons. The highest BCUT2D eigenvalue weighted by Crippen LogP contribution is 2.45. The fourth-order valence-corrected chi connectivity index (χ4v) is 4.39. The van der Waals surface area contributed by atoms with Gasteiger partial charge in [0.2, 0.25) is 5.91 Å². The molecule has 28 heavy (non-hydrogen) atoms. The van der Waals surface area contributed by atoms with E-state index in [0.29, 0.717) is 32.6 Å². The van der Waals surface area contributed by atoms with Crippen LogP contribution in [-0.2, 0) is 11.0 Å². The van der Waals surface area contributed by atoms with Gasteiger partial charge in [0.1, 0.15) is 17.3 Å². The molecule has 0 spiro atoms. The van der Waals surface area contributed by atoms with Gasteiger partial charge in [-0.15, -0.1) is 0 Å². The average Bonchev–Trinajstić information content (AvgIpc) is 3.03. The molecule has 2 heterocycles. The Balaban J connectivity index is 1.71. The molecule has 9 heteroatoms. The lowest BCUT2D eigenvalue weighted by Gasteiger charge is -2.42. The van der Waals surface area contributed by atoms with Crippen molar-refractivity contribution in [1.82, 2.24) is 14.9 Å². The van der Waals surface area contributed by atoms with Crippen LogP contribution in [0.2, 0.25) is 0 Å². The van der Waals surface area contributed by atoms with Crippen LogP contribution in [0.4, 0.5) is 19.0 Å². The standard InChI is InChI=1S/C19H28F3N5O/c1-12(2)18(5-4-14(23)11-18)17(28)27-8-6-26(7-9-27)16-10-15(19(20,21)22)24-13(3)25-16/h10,12,14H,4-9,11,23H2,1-3H3/t14-,18+/m1/s1. The Morgan fingerprint density at radius 1 is 1.25 bits per heavy atom. The monoisotopic (exact) mass is 399 g/mol. The summed E-state index contributed by atoms with van der Waals surface area (Å²) < 4.78 is 39.1. The van der Waals surface area contributed by atoms with Crippen molar-refractivity contribution in [2.75, 3.05) is 31.1 Å². The van der Waals surface area contributed by atoms with Gasteiger partial charge in [-0.05, 0) is 32.1 Å². The number of hydrogen-bond donors (Lipinski definition) is 1. The predicted molar refractivity (Wildman–Crippen MR) is 99.7 cm³/mol. The van der Waals surface area contributed by atoms with E-state index in [4.69, 9.17) is 5.73 Å². The van der Waals surface area contributed by atoms with Gasteiger partial charge in [-0.25, -0.2) is 9.97 Å². The van der Waals surface area contributed by atoms with Crippen LogP contribution in [0.3, 0.4) is 0 Å². The summed E-state index contributed by atoms with van der Waals surface area (Å²) in [6, 6.07) is 1.04. The zero-order valence-corrected chi connectivity index (χ0v) is 16.6. The third kappa shape index (κ3) is 3.94. The number of carbonyl (C=O) groups excluding carboxylic acids is 1. The molecule has 0 radical (unpaired) electrons. The lowest BCUT2D eigenvalue weighted by molar-refractivity contribution is -0.145. The van der Waals surface area contributed by atoms with Gasteiger partial charge in [0, 0.05) is 38.3 Å². The maximum Gasteiger partial charge on any atom is 0.433 e. The Labute approximate surface area is 163 Å². The quantitative estimate of drug-likeness (QED) is 0.846. The summed E-state index contributed by atoms with van der Waals surface area (Å²) in [6.07, 6.45) is -2.16. The van der Waals surface area contributed by atoms with Gasteiger partial charge in [0.25, 0.3) is 0 Å². The summed E-state index contributed by atoms with van der Waals surface area (Å²) in [6.45, 7) is 7.40. The number of anilines is 1. The average molecular weight is 399 g/mol. The molecule has 2 aliphatic rings. The number of carbonyl (C=O) groups is 1. The molecule has 1 amide bonds. The maximum atomic E-state index is 13.3. The summed E-state index contributed by atoms with van der Waals surface area (Å²) in [5, 5.41) is 0. The Morgan fingerprint density at radius 3 is 2.39 bits per heavy atom. The van der Waals surface area contributed by atoms with Gasteiger partial charge in [-0.1, -0.05) is 13.8 Å². The third-order valence-corrected chi connectivity index (χ3v) is 6.12. The summed E-state index contributed by atoms with van der Waals surface area (Å²) >= 11 is 0. The number of alkyl halides is 3. The molecule has 1 aromatic rings. The summed E-state index contributed by atoms with van der Waals surface area (Å²) in [7, 11) is 0. The van der Waals surface area contributed by atoms with Crippen LogP contribution in [-0.4, -0.2) is 53.0 Å². The molecular formula is C19H28F3N5O. The molecule has 3 rings (SSSR count). The van der Waals surface area contributed by atoms with Crippen molar-refractivity contribution in [3.63, 3.8) is 0 Å². The highest BCUT2D eigenvalue weighted by Gasteiger charge is 2.48. The molecule has 2 atom stereocenters. The van der Waals surface area contributed by atoms with E-state index in [1.165, 1.54) is 6.92 Å². The molecule has 2 N–H and O–H groups in total. The van der Waals surface area contributed by atoms with Gasteiger partial charge in [-0.2, -0.15) is 13.2 Å². The highest BCUT2D eigenvalue weighted by atomic mass is 19.4. The van der Waals surface area contributed by atoms with Crippen LogP contribution < -0.4 is 10.6 Å². The highest BCUT2D eigenvalue weighted by molar-refractivity contribution is 5.83. The van der Waals surface area contributed by atoms with Crippen molar-refractivity contribution < 1.29 is 18.0 Å². The largest absolute Gasteiger partial charge is 0.433 e. The first kappa shape index (κ1) is 20.8. The van der Waals surface area contributed by atoms with Gasteiger partial charge in [0.15, 0.2) is 0 Å². The predicted octanol–water partition coefficient (Wildman–Crippen LogP) is 2.61. The molecule has 1 saturated heterocycles. The van der Waals surface area contributed by atoms with Crippen LogP contribution in [0.1, 0.15) is 44.6 Å². The first-order valence-electron chi connectivity index (χ1n) is 9.76. The Bertz CT molecular complexity index is 731. The minimum Gasteiger partial charge on any atom is -0.353 e. The second kappa shape index (κ2) is 7.50. The fourth-order valence-electron chi connectivity index (χ4n) is 4.39. The molecule has 1 aliphatic heterocycles. The van der Waals surface area contributed by atoms with Gasteiger partial charge in [-0.3, -0.25) is 4.79 Å². The van der Waals surface area contributed by atoms with E-state index < -0.39 is 17.3 Å². The lowest BCUT2D eigenvalue weighted by Crippen LogP contribution is -2.54. The SMILES string of the molecule is Cc1nc(N2CCN(C(=O)[C@@]3(C(C)C)CC[C@@H](N)C3)CC2)cc(C(F)(F)F)n1. The van der Waals surface area contributed by atoms with Gasteiger partial charge < -0.3 is 15.5 Å². The van der Waals surface area contributed by atoms with E-state index >= 15 is 0 Å². The zero-order chi connectivity index (χ0) is 20.7. The number of hydrogen-bond acceptors (Lipinski definition) is 5. The number of piperazine rings is 1. The van der Waals surface area contributed by atoms with Crippen LogP contribution >= 0.6 is 0 Å². The second-order valence-electron chi connectivity index (χ2n) is 8.25. The van der Waals surface area contributed by atoms with Crippen molar-refractivity contribution in [3.8, 4) is 0 Å². The molecule has 1 aromatic heterocycles. The topological polar surface area (TPSA) is 75.4 Å². The second-order valence-corrected chi connectivity index (χ2v) is 8.25. The number of aromatic nitrogens is 2. The Morgan fingerprint density at radius 2 is 1.89 bits per heavy atom. The van der Waals surface area contributed by atoms with Crippen LogP contribution in [0.25, 0.3) is 0 Å². The van der Waals surface area contributed by atoms with E-state index in [0.717, 1.165) is 18.9 Å². The summed E-state index contributed by atoms with van der Waals surface area (Å²) in [5.41, 5.74) is 4.73. The van der Waals surface area contributed by atoms with Gasteiger partial charge in [0.05, 0.1) is 5.41 Å². The van der Waals surface area contributed by atoms with Crippen LogP contribution in [0, 0.1) is 18.3 Å². The molecule has 1 saturated carbocycles. The van der Waals surface area contributed by atoms with Crippen molar-refractivity contribution in [3.05, 3.63) is 17.6 Å². The molecule has 0 unspecified atom stereocenters. The van der Waals surface area contributed by atoms with Crippen LogP contribution in [0.15, 0.2) is 6.07 Å².